The van der Waals surface area contributed by atoms with Crippen molar-refractivity contribution in [3.05, 3.63) is 174 Å². The fourth-order valence-electron chi connectivity index (χ4n) is 7.71. The van der Waals surface area contributed by atoms with Gasteiger partial charge in [0, 0.05) is 27.5 Å². The lowest BCUT2D eigenvalue weighted by molar-refractivity contribution is 0.666. The van der Waals surface area contributed by atoms with Gasteiger partial charge in [-0.1, -0.05) is 121 Å². The van der Waals surface area contributed by atoms with Gasteiger partial charge in [-0.05, 0) is 75.3 Å². The van der Waals surface area contributed by atoms with Crippen molar-refractivity contribution in [2.24, 2.45) is 0 Å². The number of benzene rings is 7. The van der Waals surface area contributed by atoms with Crippen LogP contribution in [0.25, 0.3) is 71.7 Å². The summed E-state index contributed by atoms with van der Waals surface area (Å²) >= 11 is 0. The van der Waals surface area contributed by atoms with E-state index in [0.717, 1.165) is 27.6 Å². The molecule has 2 aromatic heterocycles. The van der Waals surface area contributed by atoms with E-state index >= 15 is 0 Å². The van der Waals surface area contributed by atoms with E-state index in [4.69, 9.17) is 4.42 Å². The number of para-hydroxylation sites is 3. The molecule has 2 heterocycles. The molecule has 7 aromatic carbocycles. The first-order valence-corrected chi connectivity index (χ1v) is 15.6. The van der Waals surface area contributed by atoms with Crippen LogP contribution in [0.15, 0.2) is 162 Å². The molecule has 0 amide bonds. The summed E-state index contributed by atoms with van der Waals surface area (Å²) in [5.41, 5.74) is 14.4. The molecule has 2 heteroatoms. The first-order valence-electron chi connectivity index (χ1n) is 15.6. The van der Waals surface area contributed by atoms with Crippen LogP contribution in [0, 0.1) is 0 Å². The van der Waals surface area contributed by atoms with Crippen LogP contribution in [0.1, 0.15) is 22.6 Å². The number of nitrogens with zero attached hydrogens (tertiary/aromatic N) is 1. The van der Waals surface area contributed by atoms with Crippen LogP contribution in [-0.4, -0.2) is 4.57 Å². The maximum Gasteiger partial charge on any atom is 0.159 e. The minimum Gasteiger partial charge on any atom is -0.454 e. The summed E-state index contributed by atoms with van der Waals surface area (Å²) in [6, 6.07) is 57.1. The van der Waals surface area contributed by atoms with Crippen LogP contribution in [0.3, 0.4) is 0 Å². The quantitative estimate of drug-likeness (QED) is 0.206. The summed E-state index contributed by atoms with van der Waals surface area (Å²) in [6.45, 7) is 0. The lowest BCUT2D eigenvalue weighted by Crippen LogP contribution is -1.98. The minimum absolute atomic E-state index is 0.256. The average molecular weight is 574 g/mol. The first kappa shape index (κ1) is 24.6. The topological polar surface area (TPSA) is 18.1 Å². The summed E-state index contributed by atoms with van der Waals surface area (Å²) < 4.78 is 9.00. The molecule has 2 nitrogen and oxygen atoms in total. The Morgan fingerprint density at radius 3 is 1.91 bits per heavy atom. The second-order valence-electron chi connectivity index (χ2n) is 12.1. The molecular formula is C43H27NO. The van der Waals surface area contributed by atoms with E-state index in [1.807, 2.05) is 0 Å². The van der Waals surface area contributed by atoms with Gasteiger partial charge >= 0.3 is 0 Å². The van der Waals surface area contributed by atoms with Gasteiger partial charge in [0.25, 0.3) is 0 Å². The number of rotatable bonds is 3. The van der Waals surface area contributed by atoms with E-state index in [1.54, 1.807) is 0 Å². The lowest BCUT2D eigenvalue weighted by atomic mass is 9.89. The number of hydrogen-bond acceptors (Lipinski definition) is 1. The molecule has 1 aliphatic rings. The molecule has 0 aliphatic heterocycles. The largest absolute Gasteiger partial charge is 0.454 e. The van der Waals surface area contributed by atoms with E-state index in [9.17, 15) is 0 Å². The Morgan fingerprint density at radius 2 is 1.09 bits per heavy atom. The van der Waals surface area contributed by atoms with Crippen LogP contribution in [0.2, 0.25) is 0 Å². The maximum absolute atomic E-state index is 6.66. The van der Waals surface area contributed by atoms with Crippen LogP contribution in [-0.2, 0) is 0 Å². The van der Waals surface area contributed by atoms with E-state index in [0.29, 0.717) is 0 Å². The van der Waals surface area contributed by atoms with Crippen LogP contribution in [0.4, 0.5) is 0 Å². The molecule has 0 saturated carbocycles. The number of furan rings is 1. The van der Waals surface area contributed by atoms with Gasteiger partial charge in [-0.3, -0.25) is 0 Å². The molecule has 210 valence electrons. The summed E-state index contributed by atoms with van der Waals surface area (Å²) in [5.74, 6) is 0.256. The Bertz CT molecular complexity index is 2550. The SMILES string of the molecule is c1ccc(C2c3ccccc3-c3cc(-c4ccc5oc6c(-n7c8ccccc8c8ccccc87)cccc6c5c4)ccc32)cc1. The molecule has 1 atom stereocenters. The third-order valence-corrected chi connectivity index (χ3v) is 9.69. The zero-order valence-corrected chi connectivity index (χ0v) is 24.4. The Balaban J connectivity index is 1.14. The highest BCUT2D eigenvalue weighted by Crippen LogP contribution is 2.49. The van der Waals surface area contributed by atoms with Crippen molar-refractivity contribution in [2.45, 2.75) is 5.92 Å². The van der Waals surface area contributed by atoms with Gasteiger partial charge in [-0.2, -0.15) is 0 Å². The fourth-order valence-corrected chi connectivity index (χ4v) is 7.71. The smallest absolute Gasteiger partial charge is 0.159 e. The number of fused-ring (bicyclic) bond motifs is 9. The van der Waals surface area contributed by atoms with Crippen LogP contribution in [0.5, 0.6) is 0 Å². The Kier molecular flexibility index (Phi) is 5.09. The molecule has 9 aromatic rings. The Hall–Kier alpha value is -5.86. The van der Waals surface area contributed by atoms with Crippen molar-refractivity contribution in [2.75, 3.05) is 0 Å². The number of aromatic nitrogens is 1. The Morgan fingerprint density at radius 1 is 0.444 bits per heavy atom. The fraction of sp³-hybridized carbons (Fsp3) is 0.0233. The minimum atomic E-state index is 0.256. The third kappa shape index (κ3) is 3.51. The van der Waals surface area contributed by atoms with Crippen molar-refractivity contribution in [3.63, 3.8) is 0 Å². The monoisotopic (exact) mass is 573 g/mol. The maximum atomic E-state index is 6.66. The van der Waals surface area contributed by atoms with Crippen molar-refractivity contribution in [1.29, 1.82) is 0 Å². The summed E-state index contributed by atoms with van der Waals surface area (Å²) in [4.78, 5) is 0. The molecule has 0 fully saturated rings. The normalized spacial score (nSPS) is 14.0. The highest BCUT2D eigenvalue weighted by molar-refractivity contribution is 6.13. The van der Waals surface area contributed by atoms with Crippen molar-refractivity contribution in [3.8, 4) is 27.9 Å². The van der Waals surface area contributed by atoms with Gasteiger partial charge in [0.05, 0.1) is 16.7 Å². The predicted molar refractivity (Wildman–Crippen MR) is 186 cm³/mol. The highest BCUT2D eigenvalue weighted by atomic mass is 16.3. The van der Waals surface area contributed by atoms with Gasteiger partial charge in [-0.25, -0.2) is 0 Å². The second kappa shape index (κ2) is 9.32. The first-order chi connectivity index (χ1) is 22.3. The molecule has 0 N–H and O–H groups in total. The predicted octanol–water partition coefficient (Wildman–Crippen LogP) is 11.5. The second-order valence-corrected chi connectivity index (χ2v) is 12.1. The third-order valence-electron chi connectivity index (χ3n) is 9.69. The standard InChI is InChI=1S/C43H27NO/c1-2-11-27(12-3-1)42-33-16-5-4-13-30(33)36-25-28(21-23-34(36)42)29-22-24-41-37(26-29)35-17-10-20-40(43(35)45-41)44-38-18-8-6-14-31(38)32-15-7-9-19-39(32)44/h1-26,42H. The zero-order chi connectivity index (χ0) is 29.5. The van der Waals surface area contributed by atoms with Gasteiger partial charge < -0.3 is 8.98 Å². The van der Waals surface area contributed by atoms with Gasteiger partial charge in [0.15, 0.2) is 5.58 Å². The van der Waals surface area contributed by atoms with Gasteiger partial charge in [0.2, 0.25) is 0 Å². The van der Waals surface area contributed by atoms with Crippen LogP contribution < -0.4 is 0 Å². The molecule has 1 aliphatic carbocycles. The molecule has 0 radical (unpaired) electrons. The molecule has 0 saturated heterocycles. The summed E-state index contributed by atoms with van der Waals surface area (Å²) in [6.07, 6.45) is 0. The summed E-state index contributed by atoms with van der Waals surface area (Å²) in [7, 11) is 0. The van der Waals surface area contributed by atoms with Gasteiger partial charge in [-0.15, -0.1) is 0 Å². The average Bonchev–Trinajstić information content (AvgIpc) is 3.76. The van der Waals surface area contributed by atoms with Gasteiger partial charge in [0.1, 0.15) is 5.58 Å². The van der Waals surface area contributed by atoms with Crippen molar-refractivity contribution >= 4 is 43.7 Å². The van der Waals surface area contributed by atoms with E-state index < -0.39 is 0 Å². The molecule has 0 spiro atoms. The lowest BCUT2D eigenvalue weighted by Gasteiger charge is -2.14. The molecule has 45 heavy (non-hydrogen) atoms. The zero-order valence-electron chi connectivity index (χ0n) is 24.4. The molecule has 0 bridgehead atoms. The van der Waals surface area contributed by atoms with Crippen LogP contribution >= 0.6 is 0 Å². The molecule has 1 unspecified atom stereocenters. The van der Waals surface area contributed by atoms with E-state index in [1.165, 1.54) is 60.8 Å². The van der Waals surface area contributed by atoms with E-state index in [2.05, 4.69) is 162 Å². The van der Waals surface area contributed by atoms with E-state index in [-0.39, 0.29) is 5.92 Å². The molecular weight excluding hydrogens is 546 g/mol. The highest BCUT2D eigenvalue weighted by Gasteiger charge is 2.30. The summed E-state index contributed by atoms with van der Waals surface area (Å²) in [5, 5.41) is 4.75. The van der Waals surface area contributed by atoms with Crippen molar-refractivity contribution in [1.82, 2.24) is 4.57 Å². The molecule has 10 rings (SSSR count). The number of hydrogen-bond donors (Lipinski definition) is 0. The Labute approximate surface area is 260 Å². The van der Waals surface area contributed by atoms with Crippen molar-refractivity contribution < 1.29 is 4.42 Å².